The topological polar surface area (TPSA) is 85.1 Å². The summed E-state index contributed by atoms with van der Waals surface area (Å²) in [6.45, 7) is 0.175. The van der Waals surface area contributed by atoms with Crippen LogP contribution in [0.1, 0.15) is 5.89 Å². The minimum atomic E-state index is -3.55. The Morgan fingerprint density at radius 3 is 2.46 bits per heavy atom. The highest BCUT2D eigenvalue weighted by Gasteiger charge is 2.14. The molecule has 0 fully saturated rings. The first kappa shape index (κ1) is 16.8. The van der Waals surface area contributed by atoms with Gasteiger partial charge in [0, 0.05) is 23.0 Å². The van der Waals surface area contributed by atoms with Gasteiger partial charge in [0.2, 0.25) is 21.7 Å². The van der Waals surface area contributed by atoms with Crippen molar-refractivity contribution in [2.45, 2.75) is 11.3 Å². The molecule has 24 heavy (non-hydrogen) atoms. The monoisotopic (exact) mass is 407 g/mol. The number of halogens is 1. The van der Waals surface area contributed by atoms with Crippen LogP contribution in [0.3, 0.4) is 0 Å². The zero-order valence-corrected chi connectivity index (χ0v) is 14.9. The lowest BCUT2D eigenvalue weighted by molar-refractivity contribution is 0.379. The van der Waals surface area contributed by atoms with E-state index in [-0.39, 0.29) is 11.4 Å². The minimum absolute atomic E-state index is 0.175. The Balaban J connectivity index is 1.60. The fourth-order valence-corrected chi connectivity index (χ4v) is 3.35. The second kappa shape index (κ2) is 7.25. The third-order valence-electron chi connectivity index (χ3n) is 3.25. The van der Waals surface area contributed by atoms with E-state index in [4.69, 9.17) is 4.52 Å². The molecule has 6 nitrogen and oxygen atoms in total. The van der Waals surface area contributed by atoms with Crippen molar-refractivity contribution in [3.63, 3.8) is 0 Å². The Kier molecular flexibility index (Phi) is 5.08. The fraction of sp³-hybridized carbons (Fsp3) is 0.125. The van der Waals surface area contributed by atoms with Gasteiger partial charge in [0.25, 0.3) is 0 Å². The molecule has 0 aliphatic heterocycles. The number of benzene rings is 2. The highest BCUT2D eigenvalue weighted by molar-refractivity contribution is 9.10. The first-order chi connectivity index (χ1) is 11.5. The average molecular weight is 408 g/mol. The van der Waals surface area contributed by atoms with Gasteiger partial charge in [-0.25, -0.2) is 13.1 Å². The molecule has 3 rings (SSSR count). The molecule has 0 aliphatic rings. The summed E-state index contributed by atoms with van der Waals surface area (Å²) in [4.78, 5) is 4.48. The van der Waals surface area contributed by atoms with Gasteiger partial charge in [-0.05, 0) is 24.3 Å². The van der Waals surface area contributed by atoms with E-state index in [9.17, 15) is 8.42 Å². The Hall–Kier alpha value is -2.03. The lowest BCUT2D eigenvalue weighted by Crippen LogP contribution is -2.26. The lowest BCUT2D eigenvalue weighted by Gasteiger charge is -2.05. The molecule has 0 spiro atoms. The molecular formula is C16H14BrN3O3S. The van der Waals surface area contributed by atoms with Gasteiger partial charge >= 0.3 is 0 Å². The van der Waals surface area contributed by atoms with Gasteiger partial charge in [0.1, 0.15) is 0 Å². The number of aromatic nitrogens is 2. The number of hydrogen-bond acceptors (Lipinski definition) is 5. The molecular weight excluding hydrogens is 394 g/mol. The molecule has 0 radical (unpaired) electrons. The van der Waals surface area contributed by atoms with E-state index in [2.05, 4.69) is 30.8 Å². The average Bonchev–Trinajstić information content (AvgIpc) is 3.05. The van der Waals surface area contributed by atoms with Crippen molar-refractivity contribution in [2.75, 3.05) is 6.54 Å². The second-order valence-corrected chi connectivity index (χ2v) is 7.66. The number of sulfonamides is 1. The molecule has 0 bridgehead atoms. The maximum Gasteiger partial charge on any atom is 0.240 e. The molecule has 1 heterocycles. The Bertz CT molecular complexity index is 909. The summed E-state index contributed by atoms with van der Waals surface area (Å²) in [5.74, 6) is 0.869. The van der Waals surface area contributed by atoms with Crippen LogP contribution in [0.25, 0.3) is 11.4 Å². The van der Waals surface area contributed by atoms with Gasteiger partial charge in [-0.3, -0.25) is 0 Å². The highest BCUT2D eigenvalue weighted by Crippen LogP contribution is 2.16. The van der Waals surface area contributed by atoms with Crippen LogP contribution in [-0.2, 0) is 16.4 Å². The van der Waals surface area contributed by atoms with Crippen LogP contribution in [0, 0.1) is 0 Å². The van der Waals surface area contributed by atoms with E-state index in [1.165, 1.54) is 12.1 Å². The van der Waals surface area contributed by atoms with E-state index in [1.807, 2.05) is 30.3 Å². The van der Waals surface area contributed by atoms with Gasteiger partial charge in [-0.1, -0.05) is 51.4 Å². The Morgan fingerprint density at radius 2 is 1.75 bits per heavy atom. The summed E-state index contributed by atoms with van der Waals surface area (Å²) in [6.07, 6.45) is 0.315. The van der Waals surface area contributed by atoms with Crippen molar-refractivity contribution in [1.29, 1.82) is 0 Å². The van der Waals surface area contributed by atoms with E-state index in [1.54, 1.807) is 12.1 Å². The highest BCUT2D eigenvalue weighted by atomic mass is 79.9. The van der Waals surface area contributed by atoms with Crippen molar-refractivity contribution < 1.29 is 12.9 Å². The van der Waals surface area contributed by atoms with Gasteiger partial charge in [-0.15, -0.1) is 0 Å². The molecule has 0 unspecified atom stereocenters. The molecule has 0 atom stereocenters. The minimum Gasteiger partial charge on any atom is -0.339 e. The van der Waals surface area contributed by atoms with E-state index in [0.717, 1.165) is 10.0 Å². The maximum atomic E-state index is 12.2. The van der Waals surface area contributed by atoms with E-state index in [0.29, 0.717) is 18.1 Å². The fourth-order valence-electron chi connectivity index (χ4n) is 2.05. The third kappa shape index (κ3) is 4.08. The molecule has 0 aliphatic carbocycles. The van der Waals surface area contributed by atoms with Crippen LogP contribution in [0.2, 0.25) is 0 Å². The molecule has 8 heteroatoms. The van der Waals surface area contributed by atoms with Crippen molar-refractivity contribution >= 4 is 26.0 Å². The first-order valence-corrected chi connectivity index (χ1v) is 9.45. The predicted octanol–water partition coefficient (Wildman–Crippen LogP) is 3.02. The second-order valence-electron chi connectivity index (χ2n) is 4.98. The van der Waals surface area contributed by atoms with Gasteiger partial charge in [-0.2, -0.15) is 4.98 Å². The first-order valence-electron chi connectivity index (χ1n) is 7.18. The van der Waals surface area contributed by atoms with E-state index < -0.39 is 10.0 Å². The van der Waals surface area contributed by atoms with Crippen molar-refractivity contribution in [3.05, 3.63) is 65.0 Å². The predicted molar refractivity (Wildman–Crippen MR) is 92.8 cm³/mol. The molecule has 0 saturated heterocycles. The van der Waals surface area contributed by atoms with Crippen LogP contribution in [0.5, 0.6) is 0 Å². The van der Waals surface area contributed by atoms with Gasteiger partial charge < -0.3 is 4.52 Å². The molecule has 0 saturated carbocycles. The molecule has 1 aromatic heterocycles. The maximum absolute atomic E-state index is 12.2. The normalized spacial score (nSPS) is 11.5. The molecule has 0 amide bonds. The smallest absolute Gasteiger partial charge is 0.240 e. The lowest BCUT2D eigenvalue weighted by atomic mass is 10.2. The van der Waals surface area contributed by atoms with Crippen molar-refractivity contribution in [3.8, 4) is 11.4 Å². The molecule has 124 valence electrons. The third-order valence-corrected chi connectivity index (χ3v) is 5.26. The van der Waals surface area contributed by atoms with Gasteiger partial charge in [0.05, 0.1) is 4.90 Å². The molecule has 2 aromatic carbocycles. The van der Waals surface area contributed by atoms with Crippen LogP contribution in [-0.4, -0.2) is 25.1 Å². The Morgan fingerprint density at radius 1 is 1.04 bits per heavy atom. The quantitative estimate of drug-likeness (QED) is 0.678. The van der Waals surface area contributed by atoms with Crippen LogP contribution in [0.4, 0.5) is 0 Å². The standard InChI is InChI=1S/C16H14BrN3O3S/c17-13-6-8-14(9-7-13)24(21,22)18-11-10-15-19-16(20-23-15)12-4-2-1-3-5-12/h1-9,18H,10-11H2. The van der Waals surface area contributed by atoms with Crippen LogP contribution < -0.4 is 4.72 Å². The summed E-state index contributed by atoms with van der Waals surface area (Å²) in [5, 5.41) is 3.90. The summed E-state index contributed by atoms with van der Waals surface area (Å²) in [5.41, 5.74) is 0.850. The molecule has 3 aromatic rings. The Labute approximate surface area is 148 Å². The van der Waals surface area contributed by atoms with E-state index >= 15 is 0 Å². The summed E-state index contributed by atoms with van der Waals surface area (Å²) < 4.78 is 32.8. The largest absolute Gasteiger partial charge is 0.339 e. The zero-order chi connectivity index (χ0) is 17.0. The van der Waals surface area contributed by atoms with Crippen molar-refractivity contribution in [2.24, 2.45) is 0 Å². The number of hydrogen-bond donors (Lipinski definition) is 1. The van der Waals surface area contributed by atoms with Gasteiger partial charge in [0.15, 0.2) is 0 Å². The summed E-state index contributed by atoms with van der Waals surface area (Å²) in [6, 6.07) is 15.9. The molecule has 1 N–H and O–H groups in total. The number of rotatable bonds is 6. The van der Waals surface area contributed by atoms with Crippen molar-refractivity contribution in [1.82, 2.24) is 14.9 Å². The zero-order valence-electron chi connectivity index (χ0n) is 12.5. The summed E-state index contributed by atoms with van der Waals surface area (Å²) in [7, 11) is -3.55. The van der Waals surface area contributed by atoms with Crippen LogP contribution in [0.15, 0.2) is 68.5 Å². The number of nitrogens with one attached hydrogen (secondary N) is 1. The summed E-state index contributed by atoms with van der Waals surface area (Å²) >= 11 is 3.27. The SMILES string of the molecule is O=S(=O)(NCCc1nc(-c2ccccc2)no1)c1ccc(Br)cc1. The van der Waals surface area contributed by atoms with Crippen LogP contribution >= 0.6 is 15.9 Å². The number of nitrogens with zero attached hydrogens (tertiary/aromatic N) is 2.